The van der Waals surface area contributed by atoms with E-state index in [1.165, 1.54) is 0 Å². The van der Waals surface area contributed by atoms with Gasteiger partial charge in [-0.15, -0.1) is 0 Å². The Morgan fingerprint density at radius 1 is 1.17 bits per heavy atom. The van der Waals surface area contributed by atoms with E-state index >= 15 is 0 Å². The third-order valence-corrected chi connectivity index (χ3v) is 5.20. The standard InChI is InChI=1S/C22H18N4O3/c1-13-19-20(15-7-8-17-18(9-15)28-12-27-17)16(10-23)21(24)29-22(19)26(25-13)11-14-5-3-2-4-6-14/h2-9,20H,11-12,24H2,1H3/t20-/m1/s1. The van der Waals surface area contributed by atoms with Gasteiger partial charge < -0.3 is 19.9 Å². The molecule has 144 valence electrons. The van der Waals surface area contributed by atoms with E-state index in [-0.39, 0.29) is 18.6 Å². The molecule has 29 heavy (non-hydrogen) atoms. The molecule has 0 aliphatic carbocycles. The highest BCUT2D eigenvalue weighted by molar-refractivity contribution is 5.58. The van der Waals surface area contributed by atoms with E-state index in [0.29, 0.717) is 29.5 Å². The molecule has 0 fully saturated rings. The summed E-state index contributed by atoms with van der Waals surface area (Å²) in [5, 5.41) is 14.5. The quantitative estimate of drug-likeness (QED) is 0.743. The molecule has 3 aromatic rings. The number of allylic oxidation sites excluding steroid dienone is 1. The molecule has 7 nitrogen and oxygen atoms in total. The van der Waals surface area contributed by atoms with Gasteiger partial charge in [-0.2, -0.15) is 10.4 Å². The topological polar surface area (TPSA) is 95.3 Å². The van der Waals surface area contributed by atoms with Crippen LogP contribution in [0.3, 0.4) is 0 Å². The lowest BCUT2D eigenvalue weighted by atomic mass is 9.84. The summed E-state index contributed by atoms with van der Waals surface area (Å²) in [6, 6.07) is 17.9. The fourth-order valence-corrected chi connectivity index (χ4v) is 3.87. The zero-order valence-corrected chi connectivity index (χ0v) is 15.8. The number of ether oxygens (including phenoxy) is 3. The van der Waals surface area contributed by atoms with Gasteiger partial charge in [0.1, 0.15) is 11.6 Å². The number of rotatable bonds is 3. The van der Waals surface area contributed by atoms with E-state index in [1.54, 1.807) is 4.68 Å². The van der Waals surface area contributed by atoms with Gasteiger partial charge in [0.25, 0.3) is 0 Å². The highest BCUT2D eigenvalue weighted by Crippen LogP contribution is 2.46. The summed E-state index contributed by atoms with van der Waals surface area (Å²) in [6.45, 7) is 2.65. The van der Waals surface area contributed by atoms with Gasteiger partial charge in [0, 0.05) is 0 Å². The van der Waals surface area contributed by atoms with E-state index in [2.05, 4.69) is 11.2 Å². The van der Waals surface area contributed by atoms with E-state index in [9.17, 15) is 5.26 Å². The number of benzene rings is 2. The van der Waals surface area contributed by atoms with Crippen LogP contribution in [0.1, 0.15) is 28.3 Å². The molecule has 1 atom stereocenters. The van der Waals surface area contributed by atoms with Gasteiger partial charge in [0.15, 0.2) is 11.5 Å². The van der Waals surface area contributed by atoms with E-state index in [1.807, 2.05) is 55.5 Å². The van der Waals surface area contributed by atoms with Crippen molar-refractivity contribution in [3.63, 3.8) is 0 Å². The van der Waals surface area contributed by atoms with Crippen LogP contribution in [0.2, 0.25) is 0 Å². The molecular weight excluding hydrogens is 368 g/mol. The highest BCUT2D eigenvalue weighted by Gasteiger charge is 2.36. The molecular formula is C22H18N4O3. The molecule has 5 rings (SSSR count). The van der Waals surface area contributed by atoms with Gasteiger partial charge in [0.05, 0.1) is 23.7 Å². The summed E-state index contributed by atoms with van der Waals surface area (Å²) in [7, 11) is 0. The number of nitriles is 1. The minimum Gasteiger partial charge on any atom is -0.454 e. The Balaban J connectivity index is 1.64. The van der Waals surface area contributed by atoms with E-state index in [0.717, 1.165) is 22.4 Å². The number of hydrogen-bond donors (Lipinski definition) is 1. The smallest absolute Gasteiger partial charge is 0.231 e. The van der Waals surface area contributed by atoms with Gasteiger partial charge >= 0.3 is 0 Å². The molecule has 2 aliphatic heterocycles. The maximum Gasteiger partial charge on any atom is 0.231 e. The fraction of sp³-hybridized carbons (Fsp3) is 0.182. The minimum absolute atomic E-state index is 0.0943. The summed E-state index contributed by atoms with van der Waals surface area (Å²) in [5.74, 6) is 1.61. The predicted molar refractivity (Wildman–Crippen MR) is 104 cm³/mol. The molecule has 0 radical (unpaired) electrons. The van der Waals surface area contributed by atoms with E-state index in [4.69, 9.17) is 19.9 Å². The van der Waals surface area contributed by atoms with Gasteiger partial charge in [-0.3, -0.25) is 0 Å². The third kappa shape index (κ3) is 2.77. The van der Waals surface area contributed by atoms with Crippen molar-refractivity contribution in [3.8, 4) is 23.4 Å². The molecule has 0 amide bonds. The third-order valence-electron chi connectivity index (χ3n) is 5.20. The lowest BCUT2D eigenvalue weighted by molar-refractivity contribution is 0.174. The Hall–Kier alpha value is -3.92. The first-order valence-electron chi connectivity index (χ1n) is 9.24. The molecule has 2 aliphatic rings. The molecule has 7 heteroatoms. The number of nitrogens with zero attached hydrogens (tertiary/aromatic N) is 3. The largest absolute Gasteiger partial charge is 0.454 e. The molecule has 0 spiro atoms. The Kier molecular flexibility index (Phi) is 3.91. The fourth-order valence-electron chi connectivity index (χ4n) is 3.87. The Labute approximate surface area is 167 Å². The summed E-state index contributed by atoms with van der Waals surface area (Å²) in [6.07, 6.45) is 0. The van der Waals surface area contributed by atoms with Crippen molar-refractivity contribution in [2.24, 2.45) is 5.73 Å². The van der Waals surface area contributed by atoms with Crippen LogP contribution in [0.15, 0.2) is 60.0 Å². The van der Waals surface area contributed by atoms with Gasteiger partial charge in [-0.25, -0.2) is 4.68 Å². The first-order chi connectivity index (χ1) is 14.2. The van der Waals surface area contributed by atoms with Crippen LogP contribution >= 0.6 is 0 Å². The Bertz CT molecular complexity index is 1170. The second-order valence-electron chi connectivity index (χ2n) is 6.98. The SMILES string of the molecule is Cc1nn(Cc2ccccc2)c2c1[C@H](c1ccc3c(c1)OCO3)C(C#N)=C(N)O2. The van der Waals surface area contributed by atoms with Gasteiger partial charge in [-0.05, 0) is 30.2 Å². The number of aryl methyl sites for hydroxylation is 1. The molecule has 2 aromatic carbocycles. The first kappa shape index (κ1) is 17.2. The second-order valence-corrected chi connectivity index (χ2v) is 6.98. The molecule has 0 saturated heterocycles. The molecule has 0 bridgehead atoms. The maximum absolute atomic E-state index is 9.79. The van der Waals surface area contributed by atoms with Crippen molar-refractivity contribution in [1.82, 2.24) is 9.78 Å². The van der Waals surface area contributed by atoms with Crippen LogP contribution in [0.4, 0.5) is 0 Å². The van der Waals surface area contributed by atoms with Crippen molar-refractivity contribution in [3.05, 3.63) is 82.4 Å². The van der Waals surface area contributed by atoms with Gasteiger partial charge in [0.2, 0.25) is 18.6 Å². The van der Waals surface area contributed by atoms with Crippen molar-refractivity contribution < 1.29 is 14.2 Å². The van der Waals surface area contributed by atoms with Crippen LogP contribution in [-0.2, 0) is 6.54 Å². The zero-order valence-electron chi connectivity index (χ0n) is 15.8. The lowest BCUT2D eigenvalue weighted by Crippen LogP contribution is -2.22. The van der Waals surface area contributed by atoms with Crippen molar-refractivity contribution in [2.75, 3.05) is 6.79 Å². The molecule has 0 unspecified atom stereocenters. The van der Waals surface area contributed by atoms with Crippen LogP contribution in [0.5, 0.6) is 17.4 Å². The van der Waals surface area contributed by atoms with Crippen molar-refractivity contribution in [2.45, 2.75) is 19.4 Å². The van der Waals surface area contributed by atoms with Crippen LogP contribution in [-0.4, -0.2) is 16.6 Å². The molecule has 2 N–H and O–H groups in total. The molecule has 1 aromatic heterocycles. The highest BCUT2D eigenvalue weighted by atomic mass is 16.7. The Morgan fingerprint density at radius 3 is 2.76 bits per heavy atom. The zero-order chi connectivity index (χ0) is 20.0. The maximum atomic E-state index is 9.79. The van der Waals surface area contributed by atoms with Crippen LogP contribution < -0.4 is 19.9 Å². The predicted octanol–water partition coefficient (Wildman–Crippen LogP) is 3.19. The van der Waals surface area contributed by atoms with E-state index < -0.39 is 0 Å². The number of aromatic nitrogens is 2. The summed E-state index contributed by atoms with van der Waals surface area (Å²) in [5.41, 5.74) is 10.1. The normalized spacial score (nSPS) is 16.9. The Morgan fingerprint density at radius 2 is 1.97 bits per heavy atom. The summed E-state index contributed by atoms with van der Waals surface area (Å²) in [4.78, 5) is 0. The average molecular weight is 386 g/mol. The van der Waals surface area contributed by atoms with Crippen LogP contribution in [0.25, 0.3) is 0 Å². The average Bonchev–Trinajstić information content (AvgIpc) is 3.32. The first-order valence-corrected chi connectivity index (χ1v) is 9.24. The minimum atomic E-state index is -0.386. The monoisotopic (exact) mass is 386 g/mol. The summed E-state index contributed by atoms with van der Waals surface area (Å²) < 4.78 is 18.6. The summed E-state index contributed by atoms with van der Waals surface area (Å²) >= 11 is 0. The lowest BCUT2D eigenvalue weighted by Gasteiger charge is -2.25. The second kappa shape index (κ2) is 6.60. The molecule has 0 saturated carbocycles. The van der Waals surface area contributed by atoms with Gasteiger partial charge in [-0.1, -0.05) is 36.4 Å². The number of hydrogen-bond acceptors (Lipinski definition) is 6. The number of nitrogens with two attached hydrogens (primary N) is 1. The number of fused-ring (bicyclic) bond motifs is 2. The van der Waals surface area contributed by atoms with Crippen molar-refractivity contribution >= 4 is 0 Å². The molecule has 3 heterocycles. The van der Waals surface area contributed by atoms with Crippen molar-refractivity contribution in [1.29, 1.82) is 5.26 Å². The van der Waals surface area contributed by atoms with Crippen LogP contribution in [0, 0.1) is 18.3 Å².